The molecule has 0 atom stereocenters. The van der Waals surface area contributed by atoms with Crippen LogP contribution < -0.4 is 11.1 Å². The van der Waals surface area contributed by atoms with Gasteiger partial charge in [-0.15, -0.1) is 0 Å². The smallest absolute Gasteiger partial charge is 0.252 e. The van der Waals surface area contributed by atoms with Crippen molar-refractivity contribution in [3.63, 3.8) is 0 Å². The Bertz CT molecular complexity index is 383. The first-order valence-corrected chi connectivity index (χ1v) is 5.06. The summed E-state index contributed by atoms with van der Waals surface area (Å²) in [5, 5.41) is 2.98. The van der Waals surface area contributed by atoms with Crippen LogP contribution in [0.3, 0.4) is 0 Å². The van der Waals surface area contributed by atoms with E-state index in [2.05, 4.69) is 22.5 Å². The van der Waals surface area contributed by atoms with E-state index in [1.54, 1.807) is 6.07 Å². The van der Waals surface area contributed by atoms with Gasteiger partial charge in [-0.05, 0) is 6.07 Å². The fourth-order valence-corrected chi connectivity index (χ4v) is 1.26. The number of rotatable bonds is 4. The minimum atomic E-state index is -0.251. The van der Waals surface area contributed by atoms with Gasteiger partial charge >= 0.3 is 0 Å². The van der Waals surface area contributed by atoms with Gasteiger partial charge in [0.2, 0.25) is 0 Å². The van der Waals surface area contributed by atoms with Gasteiger partial charge in [0.05, 0.1) is 15.6 Å². The highest BCUT2D eigenvalue weighted by Gasteiger charge is 2.08. The van der Waals surface area contributed by atoms with Gasteiger partial charge in [-0.2, -0.15) is 0 Å². The van der Waals surface area contributed by atoms with Crippen LogP contribution in [0.15, 0.2) is 18.5 Å². The molecular weight excluding hydrogens is 234 g/mol. The Morgan fingerprint density at radius 3 is 3.00 bits per heavy atom. The van der Waals surface area contributed by atoms with Gasteiger partial charge in [-0.1, -0.05) is 23.8 Å². The zero-order valence-corrected chi connectivity index (χ0v) is 9.44. The van der Waals surface area contributed by atoms with E-state index >= 15 is 0 Å². The summed E-state index contributed by atoms with van der Waals surface area (Å²) in [6.45, 7) is 0.410. The minimum Gasteiger partial charge on any atom is -0.393 e. The third kappa shape index (κ3) is 3.81. The topological polar surface area (TPSA) is 68.0 Å². The minimum absolute atomic E-state index is 0.251. The normalized spacial score (nSPS) is 9.67. The molecule has 0 aliphatic carbocycles. The molecule has 0 fully saturated rings. The van der Waals surface area contributed by atoms with Crippen molar-refractivity contribution in [1.29, 1.82) is 0 Å². The van der Waals surface area contributed by atoms with Gasteiger partial charge in [-0.25, -0.2) is 0 Å². The molecule has 1 aromatic rings. The van der Waals surface area contributed by atoms with E-state index in [0.29, 0.717) is 28.5 Å². The first-order chi connectivity index (χ1) is 7.11. The molecule has 4 nitrogen and oxygen atoms in total. The molecule has 0 aliphatic heterocycles. The Balaban J connectivity index is 2.54. The van der Waals surface area contributed by atoms with Crippen molar-refractivity contribution in [2.45, 2.75) is 6.42 Å². The van der Waals surface area contributed by atoms with E-state index in [9.17, 15) is 4.79 Å². The second-order valence-corrected chi connectivity index (χ2v) is 3.76. The molecule has 80 valence electrons. The average molecular weight is 244 g/mol. The Hall–Kier alpha value is -1.20. The average Bonchev–Trinajstić information content (AvgIpc) is 2.17. The number of halogens is 1. The third-order valence-electron chi connectivity index (χ3n) is 1.67. The van der Waals surface area contributed by atoms with Gasteiger partial charge in [0.25, 0.3) is 5.91 Å². The molecule has 1 aromatic heterocycles. The molecule has 1 rings (SSSR count). The van der Waals surface area contributed by atoms with Crippen LogP contribution in [0.1, 0.15) is 16.8 Å². The molecule has 0 radical (unpaired) electrons. The first-order valence-electron chi connectivity index (χ1n) is 4.27. The van der Waals surface area contributed by atoms with Crippen LogP contribution in [-0.4, -0.2) is 22.4 Å². The fraction of sp³-hybridized carbons (Fsp3) is 0.222. The number of aromatic nitrogens is 1. The lowest BCUT2D eigenvalue weighted by atomic mass is 10.2. The quantitative estimate of drug-likeness (QED) is 0.779. The molecule has 0 unspecified atom stereocenters. The molecule has 3 N–H and O–H groups in total. The molecule has 1 heterocycles. The molecule has 0 saturated heterocycles. The number of hydrogen-bond acceptors (Lipinski definition) is 3. The van der Waals surface area contributed by atoms with Crippen molar-refractivity contribution >= 4 is 34.7 Å². The Morgan fingerprint density at radius 2 is 2.40 bits per heavy atom. The maximum atomic E-state index is 11.5. The Kier molecular flexibility index (Phi) is 4.45. The summed E-state index contributed by atoms with van der Waals surface area (Å²) >= 11 is 10.5. The number of nitrogens with zero attached hydrogens (tertiary/aromatic N) is 1. The van der Waals surface area contributed by atoms with Crippen molar-refractivity contribution in [2.24, 2.45) is 5.73 Å². The Morgan fingerprint density at radius 1 is 1.67 bits per heavy atom. The standard InChI is InChI=1S/C9H10ClN3OS/c10-7-5-12-3-1-6(7)9(14)13-4-2-8(11)15/h1,3,5H,2,4H2,(H2,11,15)(H,13,14). The van der Waals surface area contributed by atoms with E-state index < -0.39 is 0 Å². The van der Waals surface area contributed by atoms with E-state index in [-0.39, 0.29) is 5.91 Å². The number of hydrogen-bond donors (Lipinski definition) is 2. The van der Waals surface area contributed by atoms with Crippen LogP contribution in [-0.2, 0) is 0 Å². The largest absolute Gasteiger partial charge is 0.393 e. The van der Waals surface area contributed by atoms with Gasteiger partial charge in [0.1, 0.15) is 0 Å². The highest BCUT2D eigenvalue weighted by Crippen LogP contribution is 2.12. The van der Waals surface area contributed by atoms with E-state index in [4.69, 9.17) is 17.3 Å². The zero-order chi connectivity index (χ0) is 11.3. The number of nitrogens with one attached hydrogen (secondary N) is 1. The van der Waals surface area contributed by atoms with Crippen molar-refractivity contribution in [3.8, 4) is 0 Å². The van der Waals surface area contributed by atoms with Gasteiger partial charge in [-0.3, -0.25) is 9.78 Å². The molecule has 15 heavy (non-hydrogen) atoms. The molecule has 1 amide bonds. The second kappa shape index (κ2) is 5.63. The number of carbonyl (C=O) groups is 1. The summed E-state index contributed by atoms with van der Waals surface area (Å²) in [5.41, 5.74) is 5.69. The van der Waals surface area contributed by atoms with Crippen molar-refractivity contribution in [1.82, 2.24) is 10.3 Å². The predicted molar refractivity (Wildman–Crippen MR) is 63.0 cm³/mol. The lowest BCUT2D eigenvalue weighted by Gasteiger charge is -2.05. The summed E-state index contributed by atoms with van der Waals surface area (Å²) < 4.78 is 0. The molecule has 0 aromatic carbocycles. The molecular formula is C9H10ClN3OS. The number of amides is 1. The van der Waals surface area contributed by atoms with Crippen LogP contribution in [0.5, 0.6) is 0 Å². The second-order valence-electron chi connectivity index (χ2n) is 2.83. The lowest BCUT2D eigenvalue weighted by molar-refractivity contribution is 0.0955. The van der Waals surface area contributed by atoms with Crippen LogP contribution in [0.25, 0.3) is 0 Å². The highest BCUT2D eigenvalue weighted by molar-refractivity contribution is 7.80. The lowest BCUT2D eigenvalue weighted by Crippen LogP contribution is -2.27. The maximum Gasteiger partial charge on any atom is 0.252 e. The van der Waals surface area contributed by atoms with Gasteiger partial charge in [0, 0.05) is 25.4 Å². The molecule has 0 saturated carbocycles. The molecule has 6 heteroatoms. The van der Waals surface area contributed by atoms with Crippen LogP contribution in [0.4, 0.5) is 0 Å². The van der Waals surface area contributed by atoms with Crippen molar-refractivity contribution in [2.75, 3.05) is 6.54 Å². The molecule has 0 spiro atoms. The number of carbonyl (C=O) groups excluding carboxylic acids is 1. The Labute approximate surface area is 97.8 Å². The van der Waals surface area contributed by atoms with Crippen molar-refractivity contribution in [3.05, 3.63) is 29.0 Å². The molecule has 0 aliphatic rings. The first kappa shape index (κ1) is 11.9. The number of nitrogens with two attached hydrogens (primary N) is 1. The number of thiocarbonyl (C=S) groups is 1. The van der Waals surface area contributed by atoms with Crippen LogP contribution in [0.2, 0.25) is 5.02 Å². The summed E-state index contributed by atoms with van der Waals surface area (Å²) in [6, 6.07) is 1.55. The monoisotopic (exact) mass is 243 g/mol. The van der Waals surface area contributed by atoms with Crippen molar-refractivity contribution < 1.29 is 4.79 Å². The van der Waals surface area contributed by atoms with Crippen LogP contribution >= 0.6 is 23.8 Å². The van der Waals surface area contributed by atoms with E-state index in [1.165, 1.54) is 12.4 Å². The zero-order valence-electron chi connectivity index (χ0n) is 7.87. The fourth-order valence-electron chi connectivity index (χ4n) is 0.954. The highest BCUT2D eigenvalue weighted by atomic mass is 35.5. The van der Waals surface area contributed by atoms with Gasteiger partial charge < -0.3 is 11.1 Å². The molecule has 0 bridgehead atoms. The van der Waals surface area contributed by atoms with Gasteiger partial charge in [0.15, 0.2) is 0 Å². The number of pyridine rings is 1. The predicted octanol–water partition coefficient (Wildman–Crippen LogP) is 1.14. The maximum absolute atomic E-state index is 11.5. The summed E-state index contributed by atoms with van der Waals surface area (Å²) in [4.78, 5) is 15.7. The van der Waals surface area contributed by atoms with E-state index in [0.717, 1.165) is 0 Å². The summed E-state index contributed by atoms with van der Waals surface area (Å²) in [7, 11) is 0. The third-order valence-corrected chi connectivity index (χ3v) is 2.18. The van der Waals surface area contributed by atoms with Crippen LogP contribution in [0, 0.1) is 0 Å². The van der Waals surface area contributed by atoms with E-state index in [1.807, 2.05) is 0 Å². The summed E-state index contributed by atoms with van der Waals surface area (Å²) in [5.74, 6) is -0.251. The SMILES string of the molecule is NC(=S)CCNC(=O)c1ccncc1Cl. The summed E-state index contributed by atoms with van der Waals surface area (Å²) in [6.07, 6.45) is 3.40.